The summed E-state index contributed by atoms with van der Waals surface area (Å²) in [7, 11) is 0. The van der Waals surface area contributed by atoms with Crippen molar-refractivity contribution in [3.63, 3.8) is 0 Å². The van der Waals surface area contributed by atoms with Crippen molar-refractivity contribution in [1.29, 1.82) is 0 Å². The summed E-state index contributed by atoms with van der Waals surface area (Å²) in [6.07, 6.45) is 7.06. The molecular weight excluding hydrogens is 510 g/mol. The van der Waals surface area contributed by atoms with E-state index in [1.54, 1.807) is 36.5 Å². The molecule has 1 aliphatic carbocycles. The van der Waals surface area contributed by atoms with Crippen molar-refractivity contribution in [3.05, 3.63) is 68.8 Å². The summed E-state index contributed by atoms with van der Waals surface area (Å²) in [4.78, 5) is 41.7. The van der Waals surface area contributed by atoms with Crippen LogP contribution in [0.3, 0.4) is 0 Å². The molecule has 1 aliphatic heterocycles. The molecule has 37 heavy (non-hydrogen) atoms. The fraction of sp³-hybridized carbons (Fsp3) is 0.333. The van der Waals surface area contributed by atoms with Crippen LogP contribution >= 0.6 is 23.6 Å². The Kier molecular flexibility index (Phi) is 6.87. The Balaban J connectivity index is 1.55. The number of nitrogens with zero attached hydrogens (tertiary/aromatic N) is 2. The van der Waals surface area contributed by atoms with E-state index in [0.29, 0.717) is 23.5 Å². The molecule has 192 valence electrons. The second kappa shape index (κ2) is 10.1. The topological polar surface area (TPSA) is 93.8 Å². The highest BCUT2D eigenvalue weighted by atomic mass is 32.1. The van der Waals surface area contributed by atoms with Crippen molar-refractivity contribution >= 4 is 52.5 Å². The lowest BCUT2D eigenvalue weighted by molar-refractivity contribution is -0.129. The summed E-state index contributed by atoms with van der Waals surface area (Å²) < 4.78 is 12.8. The maximum Gasteiger partial charge on any atom is 0.341 e. The van der Waals surface area contributed by atoms with Crippen LogP contribution in [0.5, 0.6) is 0 Å². The van der Waals surface area contributed by atoms with Gasteiger partial charge in [0.1, 0.15) is 16.3 Å². The highest BCUT2D eigenvalue weighted by molar-refractivity contribution is 7.80. The third kappa shape index (κ3) is 4.55. The van der Waals surface area contributed by atoms with Crippen molar-refractivity contribution in [1.82, 2.24) is 14.8 Å². The van der Waals surface area contributed by atoms with Gasteiger partial charge in [0.25, 0.3) is 11.8 Å². The number of ether oxygens (including phenoxy) is 1. The lowest BCUT2D eigenvalue weighted by atomic mass is 9.95. The van der Waals surface area contributed by atoms with Crippen LogP contribution in [0.15, 0.2) is 34.5 Å². The third-order valence-electron chi connectivity index (χ3n) is 6.69. The van der Waals surface area contributed by atoms with Crippen LogP contribution in [-0.4, -0.2) is 39.0 Å². The summed E-state index contributed by atoms with van der Waals surface area (Å²) in [5.41, 5.74) is 4.12. The van der Waals surface area contributed by atoms with E-state index in [1.807, 2.05) is 24.5 Å². The molecule has 0 unspecified atom stereocenters. The number of aryl methyl sites for hydroxylation is 2. The SMILES string of the molecule is CCOC(=O)c1c(-n2c(C)cc(/C=C3/C(=O)NC(=S)N(Cc4ccco4)C3=O)c2C)sc2c1CCCC2. The molecule has 4 heterocycles. The Morgan fingerprint density at radius 3 is 2.78 bits per heavy atom. The Morgan fingerprint density at radius 2 is 2.05 bits per heavy atom. The normalized spacial score (nSPS) is 16.8. The van der Waals surface area contributed by atoms with E-state index in [9.17, 15) is 14.4 Å². The summed E-state index contributed by atoms with van der Waals surface area (Å²) in [6, 6.07) is 5.38. The minimum absolute atomic E-state index is 0.0171. The van der Waals surface area contributed by atoms with Gasteiger partial charge >= 0.3 is 5.97 Å². The number of fused-ring (bicyclic) bond motifs is 1. The van der Waals surface area contributed by atoms with Crippen LogP contribution < -0.4 is 5.32 Å². The lowest BCUT2D eigenvalue weighted by Crippen LogP contribution is -2.53. The van der Waals surface area contributed by atoms with Crippen LogP contribution in [0.25, 0.3) is 11.1 Å². The van der Waals surface area contributed by atoms with Gasteiger partial charge in [0.05, 0.1) is 25.0 Å². The number of thiophene rings is 1. The first-order valence-corrected chi connectivity index (χ1v) is 13.4. The lowest BCUT2D eigenvalue weighted by Gasteiger charge is -2.28. The predicted octanol–water partition coefficient (Wildman–Crippen LogP) is 4.63. The number of rotatable bonds is 6. The smallest absolute Gasteiger partial charge is 0.341 e. The molecule has 0 atom stereocenters. The largest absolute Gasteiger partial charge is 0.467 e. The maximum absolute atomic E-state index is 13.3. The van der Waals surface area contributed by atoms with Gasteiger partial charge in [-0.15, -0.1) is 11.3 Å². The van der Waals surface area contributed by atoms with E-state index >= 15 is 0 Å². The van der Waals surface area contributed by atoms with Crippen molar-refractivity contribution in [2.24, 2.45) is 0 Å². The Morgan fingerprint density at radius 1 is 1.27 bits per heavy atom. The van der Waals surface area contributed by atoms with Crippen LogP contribution in [0.1, 0.15) is 63.3 Å². The van der Waals surface area contributed by atoms with Crippen molar-refractivity contribution in [2.75, 3.05) is 6.61 Å². The second-order valence-electron chi connectivity index (χ2n) is 9.06. The zero-order chi connectivity index (χ0) is 26.3. The van der Waals surface area contributed by atoms with Gasteiger partial charge in [-0.2, -0.15) is 0 Å². The first kappa shape index (κ1) is 25.2. The molecule has 0 spiro atoms. The van der Waals surface area contributed by atoms with Gasteiger partial charge in [-0.1, -0.05) is 0 Å². The molecule has 1 fully saturated rings. The summed E-state index contributed by atoms with van der Waals surface area (Å²) in [5, 5.41) is 3.47. The molecular formula is C27H27N3O5S2. The van der Waals surface area contributed by atoms with E-state index < -0.39 is 11.8 Å². The molecule has 0 aromatic carbocycles. The summed E-state index contributed by atoms with van der Waals surface area (Å²) in [5.74, 6) is -0.797. The van der Waals surface area contributed by atoms with Crippen molar-refractivity contribution in [2.45, 2.75) is 53.0 Å². The van der Waals surface area contributed by atoms with Gasteiger partial charge < -0.3 is 13.7 Å². The highest BCUT2D eigenvalue weighted by Gasteiger charge is 2.34. The van der Waals surface area contributed by atoms with Gasteiger partial charge in [0.2, 0.25) is 0 Å². The molecule has 1 N–H and O–H groups in total. The molecule has 5 rings (SSSR count). The quantitative estimate of drug-likeness (QED) is 0.213. The fourth-order valence-corrected chi connectivity index (χ4v) is 6.65. The molecule has 10 heteroatoms. The predicted molar refractivity (Wildman–Crippen MR) is 144 cm³/mol. The van der Waals surface area contributed by atoms with Gasteiger partial charge in [0, 0.05) is 16.3 Å². The van der Waals surface area contributed by atoms with Gasteiger partial charge in [-0.3, -0.25) is 19.8 Å². The molecule has 1 saturated heterocycles. The standard InChI is InChI=1S/C27H27N3O5S2/c1-4-34-26(33)22-19-9-5-6-10-21(19)37-25(22)30-15(2)12-17(16(30)3)13-20-23(31)28-27(36)29(24(20)32)14-18-8-7-11-35-18/h7-8,11-13H,4-6,9-10,14H2,1-3H3,(H,28,31,36)/b20-13-. The Labute approximate surface area is 223 Å². The number of carbonyl (C=O) groups excluding carboxylic acids is 3. The fourth-order valence-electron chi connectivity index (χ4n) is 4.92. The number of amides is 2. The molecule has 2 amide bonds. The van der Waals surface area contributed by atoms with Crippen LogP contribution in [0, 0.1) is 13.8 Å². The first-order valence-electron chi connectivity index (χ1n) is 12.2. The van der Waals surface area contributed by atoms with Crippen LogP contribution in [-0.2, 0) is 33.7 Å². The van der Waals surface area contributed by atoms with Crippen molar-refractivity contribution < 1.29 is 23.5 Å². The molecule has 2 aliphatic rings. The van der Waals surface area contributed by atoms with Crippen LogP contribution in [0.4, 0.5) is 0 Å². The number of esters is 1. The van der Waals surface area contributed by atoms with Crippen LogP contribution in [0.2, 0.25) is 0 Å². The Hall–Kier alpha value is -3.50. The molecule has 0 radical (unpaired) electrons. The molecule has 0 bridgehead atoms. The monoisotopic (exact) mass is 537 g/mol. The minimum Gasteiger partial charge on any atom is -0.467 e. The number of carbonyl (C=O) groups is 3. The summed E-state index contributed by atoms with van der Waals surface area (Å²) in [6.45, 7) is 6.09. The number of hydrogen-bond acceptors (Lipinski definition) is 7. The number of furan rings is 1. The summed E-state index contributed by atoms with van der Waals surface area (Å²) >= 11 is 6.87. The molecule has 3 aromatic rings. The number of hydrogen-bond donors (Lipinski definition) is 1. The van der Waals surface area contributed by atoms with Gasteiger partial charge in [-0.05, 0) is 94.1 Å². The molecule has 0 saturated carbocycles. The first-order chi connectivity index (χ1) is 17.8. The minimum atomic E-state index is -0.547. The average molecular weight is 538 g/mol. The molecule has 8 nitrogen and oxygen atoms in total. The highest BCUT2D eigenvalue weighted by Crippen LogP contribution is 2.39. The average Bonchev–Trinajstić information content (AvgIpc) is 3.57. The Bertz CT molecular complexity index is 1440. The molecule has 3 aromatic heterocycles. The van der Waals surface area contributed by atoms with Crippen molar-refractivity contribution in [3.8, 4) is 5.00 Å². The van der Waals surface area contributed by atoms with Gasteiger partial charge in [0.15, 0.2) is 5.11 Å². The number of thiocarbonyl (C=S) groups is 1. The van der Waals surface area contributed by atoms with E-state index in [2.05, 4.69) is 5.32 Å². The number of aromatic nitrogens is 1. The second-order valence-corrected chi connectivity index (χ2v) is 10.5. The van der Waals surface area contributed by atoms with E-state index in [-0.39, 0.29) is 23.2 Å². The van der Waals surface area contributed by atoms with Gasteiger partial charge in [-0.25, -0.2) is 4.79 Å². The number of nitrogens with one attached hydrogen (secondary N) is 1. The zero-order valence-corrected chi connectivity index (χ0v) is 22.5. The zero-order valence-electron chi connectivity index (χ0n) is 20.9. The third-order valence-corrected chi connectivity index (χ3v) is 8.28. The van der Waals surface area contributed by atoms with E-state index in [4.69, 9.17) is 21.4 Å². The maximum atomic E-state index is 13.3. The van der Waals surface area contributed by atoms with E-state index in [1.165, 1.54) is 16.0 Å². The van der Waals surface area contributed by atoms with E-state index in [0.717, 1.165) is 47.6 Å².